The summed E-state index contributed by atoms with van der Waals surface area (Å²) in [6.07, 6.45) is 0.623. The molecule has 28 heavy (non-hydrogen) atoms. The predicted molar refractivity (Wildman–Crippen MR) is 110 cm³/mol. The zero-order valence-electron chi connectivity index (χ0n) is 14.8. The third-order valence-corrected chi connectivity index (χ3v) is 5.76. The lowest BCUT2D eigenvalue weighted by Gasteiger charge is -2.15. The fourth-order valence-corrected chi connectivity index (χ4v) is 4.11. The van der Waals surface area contributed by atoms with E-state index in [1.807, 2.05) is 42.5 Å². The minimum absolute atomic E-state index is 0.0212. The summed E-state index contributed by atoms with van der Waals surface area (Å²) in [4.78, 5) is 26.4. The van der Waals surface area contributed by atoms with Gasteiger partial charge in [0.15, 0.2) is 0 Å². The molecular formula is C20H17ClN4O2S. The molecule has 1 unspecified atom stereocenters. The molecule has 0 aliphatic carbocycles. The van der Waals surface area contributed by atoms with E-state index in [1.54, 1.807) is 17.0 Å². The number of aromatic nitrogens is 2. The zero-order chi connectivity index (χ0) is 19.5. The Balaban J connectivity index is 1.38. The van der Waals surface area contributed by atoms with Crippen LogP contribution in [0.1, 0.15) is 22.9 Å². The molecule has 3 aromatic rings. The Morgan fingerprint density at radius 1 is 1.14 bits per heavy atom. The first kappa shape index (κ1) is 18.6. The highest BCUT2D eigenvalue weighted by atomic mass is 35.5. The molecule has 1 aromatic heterocycles. The summed E-state index contributed by atoms with van der Waals surface area (Å²) in [5.74, 6) is -0.120. The van der Waals surface area contributed by atoms with Gasteiger partial charge in [0.05, 0.1) is 6.42 Å². The van der Waals surface area contributed by atoms with E-state index >= 15 is 0 Å². The third-order valence-electron chi connectivity index (χ3n) is 4.51. The minimum Gasteiger partial charge on any atom is -0.312 e. The molecule has 1 saturated heterocycles. The molecule has 2 amide bonds. The molecule has 0 bridgehead atoms. The van der Waals surface area contributed by atoms with Gasteiger partial charge in [0.25, 0.3) is 0 Å². The van der Waals surface area contributed by atoms with Crippen LogP contribution in [0, 0.1) is 0 Å². The number of nitrogens with zero attached hydrogens (tertiary/aromatic N) is 3. The summed E-state index contributed by atoms with van der Waals surface area (Å²) >= 11 is 7.17. The van der Waals surface area contributed by atoms with Gasteiger partial charge in [-0.3, -0.25) is 9.59 Å². The van der Waals surface area contributed by atoms with Gasteiger partial charge < -0.3 is 10.2 Å². The van der Waals surface area contributed by atoms with Crippen molar-refractivity contribution < 1.29 is 9.59 Å². The van der Waals surface area contributed by atoms with Gasteiger partial charge in [-0.25, -0.2) is 0 Å². The predicted octanol–water partition coefficient (Wildman–Crippen LogP) is 3.89. The molecule has 2 aromatic carbocycles. The number of nitrogens with one attached hydrogen (secondary N) is 1. The van der Waals surface area contributed by atoms with Crippen molar-refractivity contribution in [3.63, 3.8) is 0 Å². The Bertz CT molecular complexity index is 991. The molecule has 0 radical (unpaired) electrons. The Morgan fingerprint density at radius 2 is 1.89 bits per heavy atom. The normalized spacial score (nSPS) is 16.4. The number of hydrogen-bond donors (Lipinski definition) is 1. The van der Waals surface area contributed by atoms with Crippen LogP contribution in [0.4, 0.5) is 10.8 Å². The smallest absolute Gasteiger partial charge is 0.230 e. The molecular weight excluding hydrogens is 396 g/mol. The van der Waals surface area contributed by atoms with Gasteiger partial charge in [-0.2, -0.15) is 0 Å². The van der Waals surface area contributed by atoms with Crippen LogP contribution in [0.3, 0.4) is 0 Å². The van der Waals surface area contributed by atoms with E-state index in [4.69, 9.17) is 11.6 Å². The molecule has 6 nitrogen and oxygen atoms in total. The molecule has 142 valence electrons. The molecule has 0 saturated carbocycles. The van der Waals surface area contributed by atoms with E-state index in [2.05, 4.69) is 15.5 Å². The summed E-state index contributed by atoms with van der Waals surface area (Å²) in [6, 6.07) is 16.7. The maximum absolute atomic E-state index is 12.4. The Labute approximate surface area is 171 Å². The van der Waals surface area contributed by atoms with E-state index in [1.165, 1.54) is 11.3 Å². The van der Waals surface area contributed by atoms with Crippen molar-refractivity contribution in [2.45, 2.75) is 18.8 Å². The van der Waals surface area contributed by atoms with Crippen LogP contribution >= 0.6 is 22.9 Å². The number of carbonyl (C=O) groups is 2. The van der Waals surface area contributed by atoms with Crippen LogP contribution in [0.25, 0.3) is 0 Å². The second-order valence-corrected chi connectivity index (χ2v) is 7.98. The summed E-state index contributed by atoms with van der Waals surface area (Å²) in [6.45, 7) is 0.566. The summed E-state index contributed by atoms with van der Waals surface area (Å²) in [5.41, 5.74) is 1.75. The van der Waals surface area contributed by atoms with Crippen LogP contribution in [0.5, 0.6) is 0 Å². The second-order valence-electron chi connectivity index (χ2n) is 6.54. The maximum atomic E-state index is 12.4. The van der Waals surface area contributed by atoms with Gasteiger partial charge in [-0.1, -0.05) is 53.3 Å². The molecule has 1 aliphatic rings. The van der Waals surface area contributed by atoms with Crippen molar-refractivity contribution in [1.29, 1.82) is 0 Å². The first-order chi connectivity index (χ1) is 13.6. The summed E-state index contributed by atoms with van der Waals surface area (Å²) < 4.78 is 0. The van der Waals surface area contributed by atoms with Gasteiger partial charge in [0, 0.05) is 29.6 Å². The minimum atomic E-state index is -0.168. The SMILES string of the molecule is O=C(Cc1ccc(Cl)cc1)Nc1nnc(C2CC(=O)N(c3ccccc3)C2)s1. The number of rotatable bonds is 5. The van der Waals surface area contributed by atoms with Gasteiger partial charge >= 0.3 is 0 Å². The Hall–Kier alpha value is -2.77. The number of carbonyl (C=O) groups excluding carboxylic acids is 2. The first-order valence-electron chi connectivity index (χ1n) is 8.81. The average molecular weight is 413 g/mol. The fraction of sp³-hybridized carbons (Fsp3) is 0.200. The highest BCUT2D eigenvalue weighted by Crippen LogP contribution is 2.34. The fourth-order valence-electron chi connectivity index (χ4n) is 3.13. The van der Waals surface area contributed by atoms with E-state index in [0.717, 1.165) is 16.3 Å². The molecule has 4 rings (SSSR count). The average Bonchev–Trinajstić information content (AvgIpc) is 3.31. The molecule has 1 aliphatic heterocycles. The lowest BCUT2D eigenvalue weighted by Crippen LogP contribution is -2.24. The van der Waals surface area contributed by atoms with Crippen molar-refractivity contribution in [3.05, 3.63) is 70.2 Å². The molecule has 1 atom stereocenters. The standard InChI is InChI=1S/C20H17ClN4O2S/c21-15-8-6-13(7-9-15)10-17(26)22-20-24-23-19(28-20)14-11-18(27)25(12-14)16-4-2-1-3-5-16/h1-9,14H,10-12H2,(H,22,24,26). The molecule has 2 heterocycles. The highest BCUT2D eigenvalue weighted by molar-refractivity contribution is 7.15. The van der Waals surface area contributed by atoms with E-state index < -0.39 is 0 Å². The maximum Gasteiger partial charge on any atom is 0.230 e. The Morgan fingerprint density at radius 3 is 2.64 bits per heavy atom. The number of halogens is 1. The van der Waals surface area contributed by atoms with E-state index in [9.17, 15) is 9.59 Å². The Kier molecular flexibility index (Phi) is 5.36. The third kappa shape index (κ3) is 4.21. The van der Waals surface area contributed by atoms with Crippen LogP contribution in [0.2, 0.25) is 5.02 Å². The van der Waals surface area contributed by atoms with Gasteiger partial charge in [-0.15, -0.1) is 10.2 Å². The number of para-hydroxylation sites is 1. The second kappa shape index (κ2) is 8.08. The van der Waals surface area contributed by atoms with E-state index in [0.29, 0.717) is 23.1 Å². The zero-order valence-corrected chi connectivity index (χ0v) is 16.4. The van der Waals surface area contributed by atoms with Gasteiger partial charge in [0.1, 0.15) is 5.01 Å². The van der Waals surface area contributed by atoms with Crippen LogP contribution in [0.15, 0.2) is 54.6 Å². The number of benzene rings is 2. The van der Waals surface area contributed by atoms with Gasteiger partial charge in [-0.05, 0) is 29.8 Å². The largest absolute Gasteiger partial charge is 0.312 e. The van der Waals surface area contributed by atoms with E-state index in [-0.39, 0.29) is 24.2 Å². The van der Waals surface area contributed by atoms with Crippen molar-refractivity contribution >= 4 is 45.6 Å². The van der Waals surface area contributed by atoms with Crippen molar-refractivity contribution in [2.24, 2.45) is 0 Å². The number of amides is 2. The number of anilines is 2. The highest BCUT2D eigenvalue weighted by Gasteiger charge is 2.33. The van der Waals surface area contributed by atoms with Gasteiger partial charge in [0.2, 0.25) is 16.9 Å². The van der Waals surface area contributed by atoms with Crippen molar-refractivity contribution in [1.82, 2.24) is 10.2 Å². The number of hydrogen-bond acceptors (Lipinski definition) is 5. The molecule has 1 N–H and O–H groups in total. The van der Waals surface area contributed by atoms with Crippen molar-refractivity contribution in [3.8, 4) is 0 Å². The lowest BCUT2D eigenvalue weighted by atomic mass is 10.1. The monoisotopic (exact) mass is 412 g/mol. The quantitative estimate of drug-likeness (QED) is 0.689. The van der Waals surface area contributed by atoms with Crippen molar-refractivity contribution in [2.75, 3.05) is 16.8 Å². The summed E-state index contributed by atoms with van der Waals surface area (Å²) in [7, 11) is 0. The first-order valence-corrected chi connectivity index (χ1v) is 10.0. The molecule has 1 fully saturated rings. The van der Waals surface area contributed by atoms with Crippen LogP contribution in [-0.2, 0) is 16.0 Å². The summed E-state index contributed by atoms with van der Waals surface area (Å²) in [5, 5.41) is 12.9. The molecule has 0 spiro atoms. The topological polar surface area (TPSA) is 75.2 Å². The van der Waals surface area contributed by atoms with Crippen LogP contribution in [-0.4, -0.2) is 28.6 Å². The van der Waals surface area contributed by atoms with Crippen LogP contribution < -0.4 is 10.2 Å². The molecule has 8 heteroatoms. The lowest BCUT2D eigenvalue weighted by molar-refractivity contribution is -0.117.